The summed E-state index contributed by atoms with van der Waals surface area (Å²) >= 11 is 0. The highest BCUT2D eigenvalue weighted by Gasteiger charge is 2.26. The molecule has 0 aliphatic carbocycles. The zero-order valence-electron chi connectivity index (χ0n) is 14.6. The lowest BCUT2D eigenvalue weighted by Crippen LogP contribution is -2.44. The minimum absolute atomic E-state index is 0.0813. The lowest BCUT2D eigenvalue weighted by molar-refractivity contribution is 0.138. The molecule has 0 saturated carbocycles. The summed E-state index contributed by atoms with van der Waals surface area (Å²) in [7, 11) is -0.307. The Labute approximate surface area is 140 Å². The van der Waals surface area contributed by atoms with Gasteiger partial charge in [0.2, 0.25) is 0 Å². The fourth-order valence-corrected chi connectivity index (χ4v) is 3.53. The van der Waals surface area contributed by atoms with E-state index in [4.69, 9.17) is 0 Å². The monoisotopic (exact) mass is 339 g/mol. The first-order chi connectivity index (χ1) is 10.8. The molecule has 1 aromatic carbocycles. The molecule has 1 N–H and O–H groups in total. The molecule has 23 heavy (non-hydrogen) atoms. The van der Waals surface area contributed by atoms with Crippen LogP contribution in [0.3, 0.4) is 0 Å². The summed E-state index contributed by atoms with van der Waals surface area (Å²) in [5.41, 5.74) is 2.39. The van der Waals surface area contributed by atoms with E-state index in [1.807, 2.05) is 0 Å². The lowest BCUT2D eigenvalue weighted by atomic mass is 9.95. The number of hydrogen-bond donors (Lipinski definition) is 1. The predicted molar refractivity (Wildman–Crippen MR) is 94.5 cm³/mol. The van der Waals surface area contributed by atoms with Crippen LogP contribution in [0.1, 0.15) is 36.9 Å². The highest BCUT2D eigenvalue weighted by atomic mass is 32.2. The van der Waals surface area contributed by atoms with Crippen LogP contribution in [0.25, 0.3) is 0 Å². The first kappa shape index (κ1) is 18.4. The van der Waals surface area contributed by atoms with E-state index >= 15 is 0 Å². The molecule has 0 radical (unpaired) electrons. The third kappa shape index (κ3) is 5.01. The molecule has 1 aliphatic heterocycles. The number of nitrogens with zero attached hydrogens (tertiary/aromatic N) is 2. The number of nitrogens with one attached hydrogen (secondary N) is 1. The van der Waals surface area contributed by atoms with Crippen molar-refractivity contribution in [2.45, 2.75) is 32.7 Å². The number of hydrogen-bond acceptors (Lipinski definition) is 3. The van der Waals surface area contributed by atoms with Crippen molar-refractivity contribution in [2.75, 3.05) is 33.7 Å². The van der Waals surface area contributed by atoms with Crippen molar-refractivity contribution in [3.8, 4) is 0 Å². The Morgan fingerprint density at radius 2 is 1.78 bits per heavy atom. The van der Waals surface area contributed by atoms with Crippen molar-refractivity contribution in [1.82, 2.24) is 13.9 Å². The molecular weight excluding hydrogens is 310 g/mol. The van der Waals surface area contributed by atoms with Gasteiger partial charge in [-0.1, -0.05) is 36.8 Å². The smallest absolute Gasteiger partial charge is 0.278 e. The average Bonchev–Trinajstić information content (AvgIpc) is 2.50. The van der Waals surface area contributed by atoms with Gasteiger partial charge in [-0.25, -0.2) is 4.72 Å². The van der Waals surface area contributed by atoms with Crippen LogP contribution in [0.4, 0.5) is 0 Å². The summed E-state index contributed by atoms with van der Waals surface area (Å²) in [5.74, 6) is 0.753. The van der Waals surface area contributed by atoms with E-state index in [9.17, 15) is 8.42 Å². The van der Waals surface area contributed by atoms with E-state index in [-0.39, 0.29) is 6.04 Å². The van der Waals surface area contributed by atoms with E-state index in [2.05, 4.69) is 47.7 Å². The van der Waals surface area contributed by atoms with E-state index in [1.54, 1.807) is 14.1 Å². The van der Waals surface area contributed by atoms with Gasteiger partial charge >= 0.3 is 0 Å². The molecule has 1 saturated heterocycles. The van der Waals surface area contributed by atoms with Gasteiger partial charge in [-0.15, -0.1) is 0 Å². The van der Waals surface area contributed by atoms with Crippen LogP contribution in [-0.4, -0.2) is 51.4 Å². The van der Waals surface area contributed by atoms with Crippen LogP contribution in [-0.2, 0) is 10.2 Å². The van der Waals surface area contributed by atoms with Crippen molar-refractivity contribution >= 4 is 10.2 Å². The average molecular weight is 340 g/mol. The Kier molecular flexibility index (Phi) is 6.19. The van der Waals surface area contributed by atoms with Gasteiger partial charge in [0.1, 0.15) is 0 Å². The summed E-state index contributed by atoms with van der Waals surface area (Å²) in [6.07, 6.45) is 2.34. The Balaban J connectivity index is 2.16. The second-order valence-electron chi connectivity index (χ2n) is 6.78. The number of benzene rings is 1. The Morgan fingerprint density at radius 1 is 1.22 bits per heavy atom. The zero-order valence-corrected chi connectivity index (χ0v) is 15.4. The topological polar surface area (TPSA) is 52.7 Å². The predicted octanol–water partition coefficient (Wildman–Crippen LogP) is 2.16. The molecule has 130 valence electrons. The number of rotatable bonds is 6. The number of piperidine rings is 1. The Bertz CT molecular complexity index is 591. The zero-order chi connectivity index (χ0) is 17.0. The van der Waals surface area contributed by atoms with Crippen molar-refractivity contribution in [3.63, 3.8) is 0 Å². The molecule has 1 fully saturated rings. The van der Waals surface area contributed by atoms with Gasteiger partial charge in [0, 0.05) is 26.7 Å². The lowest BCUT2D eigenvalue weighted by Gasteiger charge is -2.37. The van der Waals surface area contributed by atoms with Gasteiger partial charge in [0.25, 0.3) is 10.2 Å². The quantitative estimate of drug-likeness (QED) is 0.864. The van der Waals surface area contributed by atoms with Crippen molar-refractivity contribution in [3.05, 3.63) is 35.4 Å². The molecule has 5 nitrogen and oxygen atoms in total. The summed E-state index contributed by atoms with van der Waals surface area (Å²) in [6.45, 7) is 6.79. The van der Waals surface area contributed by atoms with Crippen LogP contribution in [0.15, 0.2) is 24.3 Å². The van der Waals surface area contributed by atoms with Gasteiger partial charge in [0.15, 0.2) is 0 Å². The van der Waals surface area contributed by atoms with Crippen LogP contribution in [0.2, 0.25) is 0 Å². The van der Waals surface area contributed by atoms with Gasteiger partial charge in [-0.3, -0.25) is 4.90 Å². The molecule has 0 bridgehead atoms. The summed E-state index contributed by atoms with van der Waals surface area (Å²) in [5, 5.41) is 0. The van der Waals surface area contributed by atoms with E-state index < -0.39 is 10.2 Å². The second kappa shape index (κ2) is 7.75. The standard InChI is InChI=1S/C17H29N3O2S/c1-14-5-7-16(8-6-14)17(13-18-23(21,22)19(3)4)20-11-9-15(2)10-12-20/h5-8,15,17-18H,9-13H2,1-4H3. The van der Waals surface area contributed by atoms with Gasteiger partial charge < -0.3 is 0 Å². The molecular formula is C17H29N3O2S. The Hall–Kier alpha value is -0.950. The highest BCUT2D eigenvalue weighted by Crippen LogP contribution is 2.26. The van der Waals surface area contributed by atoms with E-state index in [0.29, 0.717) is 6.54 Å². The first-order valence-electron chi connectivity index (χ1n) is 8.27. The molecule has 1 unspecified atom stereocenters. The number of aryl methyl sites for hydroxylation is 1. The van der Waals surface area contributed by atoms with E-state index in [1.165, 1.54) is 28.3 Å². The minimum Gasteiger partial charge on any atom is -0.295 e. The fraction of sp³-hybridized carbons (Fsp3) is 0.647. The van der Waals surface area contributed by atoms with Crippen molar-refractivity contribution in [2.24, 2.45) is 5.92 Å². The van der Waals surface area contributed by atoms with Crippen LogP contribution in [0, 0.1) is 12.8 Å². The van der Waals surface area contributed by atoms with Gasteiger partial charge in [0.05, 0.1) is 0 Å². The normalized spacial score (nSPS) is 19.2. The first-order valence-corrected chi connectivity index (χ1v) is 9.71. The highest BCUT2D eigenvalue weighted by molar-refractivity contribution is 7.87. The third-order valence-corrected chi connectivity index (χ3v) is 6.15. The summed E-state index contributed by atoms with van der Waals surface area (Å²) < 4.78 is 28.1. The summed E-state index contributed by atoms with van der Waals surface area (Å²) in [6, 6.07) is 8.49. The summed E-state index contributed by atoms with van der Waals surface area (Å²) in [4.78, 5) is 2.41. The van der Waals surface area contributed by atoms with Crippen LogP contribution in [0.5, 0.6) is 0 Å². The maximum atomic E-state index is 12.1. The van der Waals surface area contributed by atoms with Crippen molar-refractivity contribution in [1.29, 1.82) is 0 Å². The Morgan fingerprint density at radius 3 is 2.30 bits per heavy atom. The van der Waals surface area contributed by atoms with Crippen molar-refractivity contribution < 1.29 is 8.42 Å². The molecule has 0 amide bonds. The molecule has 1 aliphatic rings. The molecule has 1 atom stereocenters. The molecule has 2 rings (SSSR count). The second-order valence-corrected chi connectivity index (χ2v) is 8.75. The van der Waals surface area contributed by atoms with E-state index in [0.717, 1.165) is 19.0 Å². The largest absolute Gasteiger partial charge is 0.295 e. The molecule has 6 heteroatoms. The number of likely N-dealkylation sites (tertiary alicyclic amines) is 1. The molecule has 0 aromatic heterocycles. The molecule has 1 heterocycles. The minimum atomic E-state index is -3.40. The SMILES string of the molecule is Cc1ccc(C(CNS(=O)(=O)N(C)C)N2CCC(C)CC2)cc1. The maximum Gasteiger partial charge on any atom is 0.278 e. The van der Waals surface area contributed by atoms with Crippen LogP contribution < -0.4 is 4.72 Å². The molecule has 1 aromatic rings. The van der Waals surface area contributed by atoms with Gasteiger partial charge in [-0.05, 0) is 44.3 Å². The molecule has 0 spiro atoms. The fourth-order valence-electron chi connectivity index (χ4n) is 2.90. The third-order valence-electron chi connectivity index (χ3n) is 4.66. The van der Waals surface area contributed by atoms with Crippen LogP contribution >= 0.6 is 0 Å². The maximum absolute atomic E-state index is 12.1. The van der Waals surface area contributed by atoms with Gasteiger partial charge in [-0.2, -0.15) is 12.7 Å².